The number of halogens is 1. The topological polar surface area (TPSA) is 66.6 Å². The van der Waals surface area contributed by atoms with Gasteiger partial charge in [0.05, 0.1) is 23.5 Å². The van der Waals surface area contributed by atoms with Crippen LogP contribution in [0, 0.1) is 5.82 Å². The number of thiophene rings is 1. The van der Waals surface area contributed by atoms with E-state index in [9.17, 15) is 9.18 Å². The van der Waals surface area contributed by atoms with Gasteiger partial charge in [0.25, 0.3) is 0 Å². The molecule has 1 heterocycles. The molecule has 1 aromatic heterocycles. The van der Waals surface area contributed by atoms with Crippen molar-refractivity contribution in [2.24, 2.45) is 0 Å². The van der Waals surface area contributed by atoms with Gasteiger partial charge in [-0.05, 0) is 17.5 Å². The zero-order chi connectivity index (χ0) is 14.0. The quantitative estimate of drug-likeness (QED) is 0.845. The average molecular weight is 280 g/mol. The molecule has 0 amide bonds. The number of benzene rings is 1. The molecular formula is C13H13FN2O2S. The number of hydrogen-bond acceptors (Lipinski definition) is 4. The maximum absolute atomic E-state index is 13.7. The lowest BCUT2D eigenvalue weighted by atomic mass is 10.1. The molecule has 0 radical (unpaired) electrons. The first-order valence-corrected chi connectivity index (χ1v) is 6.43. The van der Waals surface area contributed by atoms with Gasteiger partial charge in [-0.1, -0.05) is 6.07 Å². The van der Waals surface area contributed by atoms with Crippen LogP contribution in [-0.4, -0.2) is 18.1 Å². The molecule has 0 aliphatic rings. The number of carboxylic acids is 1. The molecule has 2 aromatic rings. The number of aromatic carboxylic acids is 1. The third-order valence-corrected chi connectivity index (χ3v) is 3.59. The molecule has 0 unspecified atom stereocenters. The summed E-state index contributed by atoms with van der Waals surface area (Å²) in [5, 5.41) is 10.8. The Labute approximate surface area is 113 Å². The maximum atomic E-state index is 13.7. The van der Waals surface area contributed by atoms with Crippen molar-refractivity contribution in [2.45, 2.75) is 6.54 Å². The molecule has 0 spiro atoms. The van der Waals surface area contributed by atoms with Gasteiger partial charge >= 0.3 is 5.97 Å². The lowest BCUT2D eigenvalue weighted by molar-refractivity contribution is 0.0692. The van der Waals surface area contributed by atoms with Crippen molar-refractivity contribution >= 4 is 28.7 Å². The molecule has 0 saturated heterocycles. The minimum absolute atomic E-state index is 0.248. The fourth-order valence-electron chi connectivity index (χ4n) is 1.80. The highest BCUT2D eigenvalue weighted by Gasteiger charge is 2.16. The Morgan fingerprint density at radius 1 is 1.53 bits per heavy atom. The first-order valence-electron chi connectivity index (χ1n) is 5.55. The van der Waals surface area contributed by atoms with Crippen molar-refractivity contribution in [3.8, 4) is 0 Å². The summed E-state index contributed by atoms with van der Waals surface area (Å²) >= 11 is 1.59. The fraction of sp³-hybridized carbons (Fsp3) is 0.154. The first-order chi connectivity index (χ1) is 8.99. The van der Waals surface area contributed by atoms with Crippen molar-refractivity contribution in [2.75, 3.05) is 17.7 Å². The standard InChI is InChI=1S/C13H13FN2O2S/c1-16(7-8-3-2-4-19-8)12-6-10(14)9(13(17)18)5-11(12)15/h2-6H,7,15H2,1H3,(H,17,18). The van der Waals surface area contributed by atoms with Gasteiger partial charge in [-0.3, -0.25) is 0 Å². The Hall–Kier alpha value is -2.08. The second-order valence-corrected chi connectivity index (χ2v) is 5.16. The number of nitrogen functional groups attached to an aromatic ring is 1. The minimum atomic E-state index is -1.32. The zero-order valence-electron chi connectivity index (χ0n) is 10.3. The number of carboxylic acid groups (broad SMARTS) is 1. The van der Waals surface area contributed by atoms with Crippen LogP contribution in [-0.2, 0) is 6.54 Å². The van der Waals surface area contributed by atoms with Gasteiger partial charge in [0.15, 0.2) is 0 Å². The van der Waals surface area contributed by atoms with E-state index >= 15 is 0 Å². The Kier molecular flexibility index (Phi) is 3.71. The Morgan fingerprint density at radius 2 is 2.26 bits per heavy atom. The highest BCUT2D eigenvalue weighted by Crippen LogP contribution is 2.27. The lowest BCUT2D eigenvalue weighted by Crippen LogP contribution is -2.18. The first kappa shape index (κ1) is 13.4. The highest BCUT2D eigenvalue weighted by molar-refractivity contribution is 7.09. The molecule has 4 nitrogen and oxygen atoms in total. The van der Waals surface area contributed by atoms with Gasteiger partial charge in [-0.2, -0.15) is 0 Å². The summed E-state index contributed by atoms with van der Waals surface area (Å²) in [7, 11) is 1.78. The van der Waals surface area contributed by atoms with Gasteiger partial charge in [-0.15, -0.1) is 11.3 Å². The summed E-state index contributed by atoms with van der Waals surface area (Å²) in [6.45, 7) is 0.591. The third kappa shape index (κ3) is 2.85. The highest BCUT2D eigenvalue weighted by atomic mass is 32.1. The molecule has 100 valence electrons. The fourth-order valence-corrected chi connectivity index (χ4v) is 2.55. The van der Waals surface area contributed by atoms with Crippen LogP contribution in [0.25, 0.3) is 0 Å². The van der Waals surface area contributed by atoms with E-state index in [4.69, 9.17) is 10.8 Å². The van der Waals surface area contributed by atoms with E-state index in [1.54, 1.807) is 23.3 Å². The van der Waals surface area contributed by atoms with Crippen molar-refractivity contribution < 1.29 is 14.3 Å². The van der Waals surface area contributed by atoms with Gasteiger partial charge in [-0.25, -0.2) is 9.18 Å². The number of nitrogens with two attached hydrogens (primary N) is 1. The molecule has 0 bridgehead atoms. The second kappa shape index (κ2) is 5.27. The number of carbonyl (C=O) groups is 1. The Bertz CT molecular complexity index is 599. The van der Waals surface area contributed by atoms with Crippen LogP contribution in [0.4, 0.5) is 15.8 Å². The van der Waals surface area contributed by atoms with E-state index in [1.807, 2.05) is 17.5 Å². The molecule has 0 atom stereocenters. The van der Waals surface area contributed by atoms with Crippen molar-refractivity contribution in [1.29, 1.82) is 0 Å². The third-order valence-electron chi connectivity index (χ3n) is 2.73. The van der Waals surface area contributed by atoms with Crippen molar-refractivity contribution in [3.05, 3.63) is 45.9 Å². The predicted octanol–water partition coefficient (Wildman–Crippen LogP) is 2.80. The number of rotatable bonds is 4. The normalized spacial score (nSPS) is 10.4. The second-order valence-electron chi connectivity index (χ2n) is 4.13. The molecule has 19 heavy (non-hydrogen) atoms. The van der Waals surface area contributed by atoms with E-state index in [0.717, 1.165) is 17.0 Å². The monoisotopic (exact) mass is 280 g/mol. The van der Waals surface area contributed by atoms with Crippen molar-refractivity contribution in [1.82, 2.24) is 0 Å². The summed E-state index contributed by atoms with van der Waals surface area (Å²) in [4.78, 5) is 13.7. The molecule has 2 rings (SSSR count). The van der Waals surface area contributed by atoms with Crippen LogP contribution in [0.15, 0.2) is 29.6 Å². The summed E-state index contributed by atoms with van der Waals surface area (Å²) in [6, 6.07) is 6.22. The molecule has 0 saturated carbocycles. The van der Waals surface area contributed by atoms with Crippen LogP contribution < -0.4 is 10.6 Å². The van der Waals surface area contributed by atoms with E-state index in [2.05, 4.69) is 0 Å². The van der Waals surface area contributed by atoms with E-state index in [1.165, 1.54) is 0 Å². The van der Waals surface area contributed by atoms with Gasteiger partial charge in [0.1, 0.15) is 5.82 Å². The predicted molar refractivity (Wildman–Crippen MR) is 74.2 cm³/mol. The number of anilines is 2. The lowest BCUT2D eigenvalue weighted by Gasteiger charge is -2.21. The molecule has 0 fully saturated rings. The zero-order valence-corrected chi connectivity index (χ0v) is 11.1. The molecular weight excluding hydrogens is 267 g/mol. The average Bonchev–Trinajstić information content (AvgIpc) is 2.83. The molecule has 6 heteroatoms. The molecule has 1 aromatic carbocycles. The molecule has 0 aliphatic carbocycles. The van der Waals surface area contributed by atoms with E-state index < -0.39 is 17.3 Å². The van der Waals surface area contributed by atoms with Crippen LogP contribution in [0.3, 0.4) is 0 Å². The SMILES string of the molecule is CN(Cc1cccs1)c1cc(F)c(C(=O)O)cc1N. The Balaban J connectivity index is 2.29. The molecule has 0 aliphatic heterocycles. The Morgan fingerprint density at radius 3 is 2.84 bits per heavy atom. The van der Waals surface area contributed by atoms with E-state index in [0.29, 0.717) is 12.2 Å². The minimum Gasteiger partial charge on any atom is -0.478 e. The van der Waals surface area contributed by atoms with Gasteiger partial charge < -0.3 is 15.7 Å². The van der Waals surface area contributed by atoms with Crippen LogP contribution in [0.5, 0.6) is 0 Å². The van der Waals surface area contributed by atoms with Gasteiger partial charge in [0.2, 0.25) is 0 Å². The smallest absolute Gasteiger partial charge is 0.338 e. The van der Waals surface area contributed by atoms with E-state index in [-0.39, 0.29) is 5.69 Å². The number of nitrogens with zero attached hydrogens (tertiary/aromatic N) is 1. The van der Waals surface area contributed by atoms with Gasteiger partial charge in [0, 0.05) is 18.0 Å². The van der Waals surface area contributed by atoms with Crippen LogP contribution >= 0.6 is 11.3 Å². The summed E-state index contributed by atoms with van der Waals surface area (Å²) < 4.78 is 13.7. The van der Waals surface area contributed by atoms with Crippen LogP contribution in [0.1, 0.15) is 15.2 Å². The molecule has 3 N–H and O–H groups in total. The number of hydrogen-bond donors (Lipinski definition) is 2. The van der Waals surface area contributed by atoms with Crippen LogP contribution in [0.2, 0.25) is 0 Å². The summed E-state index contributed by atoms with van der Waals surface area (Å²) in [6.07, 6.45) is 0. The maximum Gasteiger partial charge on any atom is 0.338 e. The van der Waals surface area contributed by atoms with Crippen molar-refractivity contribution in [3.63, 3.8) is 0 Å². The summed E-state index contributed by atoms with van der Waals surface area (Å²) in [5.41, 5.74) is 6.11. The summed E-state index contributed by atoms with van der Waals surface area (Å²) in [5.74, 6) is -2.11. The largest absolute Gasteiger partial charge is 0.478 e.